The number of morpholine rings is 1. The topological polar surface area (TPSA) is 68.1 Å². The number of ether oxygens (including phenoxy) is 1. The maximum atomic E-state index is 5.42. The van der Waals surface area contributed by atoms with E-state index in [1.807, 2.05) is 7.05 Å². The first-order valence-corrected chi connectivity index (χ1v) is 9.45. The number of nitrogens with zero attached hydrogens (tertiary/aromatic N) is 5. The summed E-state index contributed by atoms with van der Waals surface area (Å²) in [5.74, 6) is 0.786. The van der Waals surface area contributed by atoms with Crippen LogP contribution in [0, 0.1) is 0 Å². The van der Waals surface area contributed by atoms with Gasteiger partial charge in [-0.2, -0.15) is 5.10 Å². The summed E-state index contributed by atoms with van der Waals surface area (Å²) in [6.45, 7) is 5.30. The van der Waals surface area contributed by atoms with Gasteiger partial charge in [0.2, 0.25) is 0 Å². The molecule has 0 unspecified atom stereocenters. The van der Waals surface area contributed by atoms with Crippen molar-refractivity contribution in [3.8, 4) is 0 Å². The molecule has 1 fully saturated rings. The molecule has 1 saturated heterocycles. The molecule has 0 atom stereocenters. The van der Waals surface area contributed by atoms with E-state index in [4.69, 9.17) is 4.74 Å². The summed E-state index contributed by atoms with van der Waals surface area (Å²) >= 11 is 3.49. The van der Waals surface area contributed by atoms with E-state index in [2.05, 4.69) is 65.5 Å². The van der Waals surface area contributed by atoms with Crippen LogP contribution in [-0.2, 0) is 24.9 Å². The molecule has 1 N–H and O–H groups in total. The fourth-order valence-electron chi connectivity index (χ4n) is 3.22. The Balaban J connectivity index is 1.47. The number of hydrogen-bond acceptors (Lipinski definition) is 6. The number of rotatable bonds is 5. The number of benzene rings is 1. The van der Waals surface area contributed by atoms with Crippen LogP contribution in [0.25, 0.3) is 11.0 Å². The highest BCUT2D eigenvalue weighted by atomic mass is 79.9. The molecule has 7 nitrogen and oxygen atoms in total. The van der Waals surface area contributed by atoms with Crippen LogP contribution in [-0.4, -0.2) is 51.0 Å². The second kappa shape index (κ2) is 7.69. The third-order valence-electron chi connectivity index (χ3n) is 4.54. The highest BCUT2D eigenvalue weighted by molar-refractivity contribution is 9.10. The predicted molar refractivity (Wildman–Crippen MR) is 104 cm³/mol. The van der Waals surface area contributed by atoms with E-state index in [1.54, 1.807) is 11.0 Å². The molecule has 1 aromatic carbocycles. The molecule has 0 amide bonds. The van der Waals surface area contributed by atoms with Crippen LogP contribution >= 0.6 is 15.9 Å². The maximum Gasteiger partial charge on any atom is 0.164 e. The van der Waals surface area contributed by atoms with Crippen molar-refractivity contribution in [3.05, 3.63) is 46.3 Å². The van der Waals surface area contributed by atoms with E-state index in [1.165, 1.54) is 11.1 Å². The van der Waals surface area contributed by atoms with Crippen molar-refractivity contribution in [1.82, 2.24) is 24.6 Å². The van der Waals surface area contributed by atoms with Crippen LogP contribution in [0.15, 0.2) is 35.2 Å². The van der Waals surface area contributed by atoms with Gasteiger partial charge >= 0.3 is 0 Å². The zero-order valence-electron chi connectivity index (χ0n) is 14.7. The molecule has 0 bridgehead atoms. The Labute approximate surface area is 160 Å². The van der Waals surface area contributed by atoms with E-state index < -0.39 is 0 Å². The normalized spacial score (nSPS) is 15.5. The summed E-state index contributed by atoms with van der Waals surface area (Å²) in [6.07, 6.45) is 1.56. The van der Waals surface area contributed by atoms with Gasteiger partial charge in [-0.3, -0.25) is 4.90 Å². The molecule has 3 heterocycles. The number of fused-ring (bicyclic) bond motifs is 1. The average molecular weight is 417 g/mol. The molecule has 26 heavy (non-hydrogen) atoms. The minimum Gasteiger partial charge on any atom is -0.379 e. The Bertz CT molecular complexity index is 906. The van der Waals surface area contributed by atoms with Crippen LogP contribution in [0.3, 0.4) is 0 Å². The van der Waals surface area contributed by atoms with Crippen LogP contribution in [0.4, 0.5) is 5.82 Å². The second-order valence-corrected chi connectivity index (χ2v) is 7.15. The Morgan fingerprint density at radius 1 is 1.19 bits per heavy atom. The highest BCUT2D eigenvalue weighted by Crippen LogP contribution is 2.27. The first-order chi connectivity index (χ1) is 12.7. The summed E-state index contributed by atoms with van der Waals surface area (Å²) in [6, 6.07) is 8.67. The summed E-state index contributed by atoms with van der Waals surface area (Å²) in [4.78, 5) is 11.1. The van der Waals surface area contributed by atoms with Crippen molar-refractivity contribution in [2.45, 2.75) is 13.1 Å². The van der Waals surface area contributed by atoms with Crippen molar-refractivity contribution in [1.29, 1.82) is 0 Å². The lowest BCUT2D eigenvalue weighted by molar-refractivity contribution is 0.0342. The van der Waals surface area contributed by atoms with E-state index in [0.29, 0.717) is 6.54 Å². The molecule has 8 heteroatoms. The van der Waals surface area contributed by atoms with Gasteiger partial charge < -0.3 is 10.1 Å². The van der Waals surface area contributed by atoms with Crippen molar-refractivity contribution < 1.29 is 4.74 Å². The number of nitrogens with one attached hydrogen (secondary N) is 1. The van der Waals surface area contributed by atoms with Crippen molar-refractivity contribution in [2.24, 2.45) is 7.05 Å². The third-order valence-corrected chi connectivity index (χ3v) is 5.09. The number of anilines is 1. The predicted octanol–water partition coefficient (Wildman–Crippen LogP) is 2.57. The molecule has 0 radical (unpaired) electrons. The van der Waals surface area contributed by atoms with Crippen LogP contribution in [0.1, 0.15) is 11.1 Å². The second-order valence-electron chi connectivity index (χ2n) is 6.40. The van der Waals surface area contributed by atoms with Crippen molar-refractivity contribution in [3.63, 3.8) is 0 Å². The molecule has 3 aromatic rings. The van der Waals surface area contributed by atoms with Gasteiger partial charge in [0.25, 0.3) is 0 Å². The smallest absolute Gasteiger partial charge is 0.164 e. The molecule has 4 rings (SSSR count). The fourth-order valence-corrected chi connectivity index (χ4v) is 3.82. The van der Waals surface area contributed by atoms with Gasteiger partial charge in [0.1, 0.15) is 16.7 Å². The minimum atomic E-state index is 0.699. The molecule has 1 aliphatic heterocycles. The van der Waals surface area contributed by atoms with Gasteiger partial charge in [0.15, 0.2) is 5.65 Å². The van der Waals surface area contributed by atoms with Crippen LogP contribution in [0.5, 0.6) is 0 Å². The van der Waals surface area contributed by atoms with Gasteiger partial charge in [-0.05, 0) is 27.1 Å². The molecule has 136 valence electrons. The number of halogens is 1. The Kier molecular flexibility index (Phi) is 5.14. The summed E-state index contributed by atoms with van der Waals surface area (Å²) < 4.78 is 7.92. The fraction of sp³-hybridized carbons (Fsp3) is 0.389. The molecule has 0 spiro atoms. The maximum absolute atomic E-state index is 5.42. The van der Waals surface area contributed by atoms with Gasteiger partial charge in [-0.15, -0.1) is 0 Å². The molecular formula is C18H21BrN6O. The zero-order chi connectivity index (χ0) is 17.9. The van der Waals surface area contributed by atoms with E-state index >= 15 is 0 Å². The largest absolute Gasteiger partial charge is 0.379 e. The Morgan fingerprint density at radius 3 is 2.85 bits per heavy atom. The summed E-state index contributed by atoms with van der Waals surface area (Å²) in [5, 5.41) is 8.68. The molecule has 0 saturated carbocycles. The number of aryl methyl sites for hydroxylation is 1. The quantitative estimate of drug-likeness (QED) is 0.689. The summed E-state index contributed by atoms with van der Waals surface area (Å²) in [5.41, 5.74) is 3.35. The number of aromatic nitrogens is 4. The molecular weight excluding hydrogens is 396 g/mol. The number of hydrogen-bond donors (Lipinski definition) is 1. The first-order valence-electron chi connectivity index (χ1n) is 8.66. The van der Waals surface area contributed by atoms with E-state index in [-0.39, 0.29) is 0 Å². The van der Waals surface area contributed by atoms with Crippen LogP contribution in [0.2, 0.25) is 0 Å². The lowest BCUT2D eigenvalue weighted by Gasteiger charge is -2.26. The molecule has 2 aromatic heterocycles. The highest BCUT2D eigenvalue weighted by Gasteiger charge is 2.13. The standard InChI is InChI=1S/C18H21BrN6O/c1-24-18-15(16(19)23-24)17(21-12-22-18)20-10-13-3-2-4-14(9-13)11-25-5-7-26-8-6-25/h2-4,9,12H,5-8,10-11H2,1H3,(H,20,21,22). The summed E-state index contributed by atoms with van der Waals surface area (Å²) in [7, 11) is 1.87. The SMILES string of the molecule is Cn1nc(Br)c2c(NCc3cccc(CN4CCOCC4)c3)ncnc21. The first kappa shape index (κ1) is 17.4. The zero-order valence-corrected chi connectivity index (χ0v) is 16.2. The average Bonchev–Trinajstić information content (AvgIpc) is 2.96. The lowest BCUT2D eigenvalue weighted by atomic mass is 10.1. The van der Waals surface area contributed by atoms with E-state index in [0.717, 1.165) is 54.3 Å². The van der Waals surface area contributed by atoms with Gasteiger partial charge in [-0.25, -0.2) is 14.6 Å². The lowest BCUT2D eigenvalue weighted by Crippen LogP contribution is -2.35. The van der Waals surface area contributed by atoms with Gasteiger partial charge in [0.05, 0.1) is 18.6 Å². The van der Waals surface area contributed by atoms with Crippen molar-refractivity contribution >= 4 is 32.8 Å². The molecule has 0 aliphatic carbocycles. The minimum absolute atomic E-state index is 0.699. The third kappa shape index (κ3) is 3.72. The van der Waals surface area contributed by atoms with Gasteiger partial charge in [-0.1, -0.05) is 24.3 Å². The monoisotopic (exact) mass is 416 g/mol. The van der Waals surface area contributed by atoms with Crippen LogP contribution < -0.4 is 5.32 Å². The van der Waals surface area contributed by atoms with Gasteiger partial charge in [0, 0.05) is 33.2 Å². The van der Waals surface area contributed by atoms with E-state index in [9.17, 15) is 0 Å². The Hall–Kier alpha value is -2.03. The Morgan fingerprint density at radius 2 is 2.00 bits per heavy atom. The van der Waals surface area contributed by atoms with Crippen molar-refractivity contribution in [2.75, 3.05) is 31.6 Å². The molecule has 1 aliphatic rings.